The standard InChI is InChI=1S/C16H20N2O/c19-8-7-16(5-6-16)12-18-11-14-10-17-9-13-3-1-2-4-15(13)14/h1-4,9-10,18-19H,5-8,11-12H2. The van der Waals surface area contributed by atoms with Crippen molar-refractivity contribution in [1.82, 2.24) is 10.3 Å². The van der Waals surface area contributed by atoms with Gasteiger partial charge in [-0.15, -0.1) is 0 Å². The Morgan fingerprint density at radius 2 is 2.05 bits per heavy atom. The lowest BCUT2D eigenvalue weighted by Crippen LogP contribution is -2.24. The summed E-state index contributed by atoms with van der Waals surface area (Å²) in [5.41, 5.74) is 1.62. The number of hydrogen-bond acceptors (Lipinski definition) is 3. The number of rotatable bonds is 6. The molecule has 2 N–H and O–H groups in total. The van der Waals surface area contributed by atoms with Gasteiger partial charge in [-0.2, -0.15) is 0 Å². The van der Waals surface area contributed by atoms with Gasteiger partial charge in [0.2, 0.25) is 0 Å². The molecule has 0 radical (unpaired) electrons. The summed E-state index contributed by atoms with van der Waals surface area (Å²) in [7, 11) is 0. The van der Waals surface area contributed by atoms with Crippen molar-refractivity contribution in [2.24, 2.45) is 5.41 Å². The number of hydrogen-bond donors (Lipinski definition) is 2. The summed E-state index contributed by atoms with van der Waals surface area (Å²) in [6, 6.07) is 8.36. The van der Waals surface area contributed by atoms with E-state index < -0.39 is 0 Å². The van der Waals surface area contributed by atoms with Crippen LogP contribution in [0.25, 0.3) is 10.8 Å². The fourth-order valence-electron chi connectivity index (χ4n) is 2.71. The van der Waals surface area contributed by atoms with Gasteiger partial charge in [0.05, 0.1) is 0 Å². The molecule has 1 aromatic carbocycles. The Morgan fingerprint density at radius 3 is 2.84 bits per heavy atom. The molecule has 2 aromatic rings. The Balaban J connectivity index is 1.66. The molecule has 0 aliphatic heterocycles. The molecule has 0 unspecified atom stereocenters. The van der Waals surface area contributed by atoms with Crippen LogP contribution in [0.1, 0.15) is 24.8 Å². The van der Waals surface area contributed by atoms with Crippen LogP contribution >= 0.6 is 0 Å². The molecule has 1 aliphatic rings. The van der Waals surface area contributed by atoms with Crippen molar-refractivity contribution in [1.29, 1.82) is 0 Å². The van der Waals surface area contributed by atoms with Crippen molar-refractivity contribution in [3.8, 4) is 0 Å². The maximum atomic E-state index is 9.06. The number of nitrogens with zero attached hydrogens (tertiary/aromatic N) is 1. The molecule has 1 aliphatic carbocycles. The second-order valence-electron chi connectivity index (χ2n) is 5.60. The largest absolute Gasteiger partial charge is 0.396 e. The van der Waals surface area contributed by atoms with Gasteiger partial charge in [-0.3, -0.25) is 4.98 Å². The van der Waals surface area contributed by atoms with Gasteiger partial charge >= 0.3 is 0 Å². The lowest BCUT2D eigenvalue weighted by molar-refractivity contribution is 0.245. The van der Waals surface area contributed by atoms with Gasteiger partial charge in [0.15, 0.2) is 0 Å². The minimum atomic E-state index is 0.303. The van der Waals surface area contributed by atoms with Crippen LogP contribution in [0.5, 0.6) is 0 Å². The molecule has 1 heterocycles. The number of pyridine rings is 1. The SMILES string of the molecule is OCCC1(CNCc2cncc3ccccc23)CC1. The quantitative estimate of drug-likeness (QED) is 0.834. The Morgan fingerprint density at radius 1 is 1.21 bits per heavy atom. The first-order valence-electron chi connectivity index (χ1n) is 6.96. The van der Waals surface area contributed by atoms with Crippen LogP contribution < -0.4 is 5.32 Å². The highest BCUT2D eigenvalue weighted by Crippen LogP contribution is 2.47. The average Bonchev–Trinajstić information content (AvgIpc) is 3.19. The zero-order valence-electron chi connectivity index (χ0n) is 11.1. The predicted molar refractivity (Wildman–Crippen MR) is 76.8 cm³/mol. The van der Waals surface area contributed by atoms with Crippen LogP contribution in [0.2, 0.25) is 0 Å². The molecular weight excluding hydrogens is 236 g/mol. The third-order valence-corrected chi connectivity index (χ3v) is 4.17. The summed E-state index contributed by atoms with van der Waals surface area (Å²) in [6.45, 7) is 2.15. The number of aliphatic hydroxyl groups is 1. The van der Waals surface area contributed by atoms with Gasteiger partial charge in [-0.1, -0.05) is 24.3 Å². The molecule has 3 heteroatoms. The molecule has 0 atom stereocenters. The van der Waals surface area contributed by atoms with E-state index in [1.807, 2.05) is 18.5 Å². The van der Waals surface area contributed by atoms with Crippen molar-refractivity contribution in [2.45, 2.75) is 25.8 Å². The van der Waals surface area contributed by atoms with Crippen molar-refractivity contribution in [3.63, 3.8) is 0 Å². The summed E-state index contributed by atoms with van der Waals surface area (Å²) in [5, 5.41) is 15.1. The smallest absolute Gasteiger partial charge is 0.0436 e. The second kappa shape index (κ2) is 5.27. The molecule has 1 saturated carbocycles. The molecule has 3 rings (SSSR count). The molecule has 3 nitrogen and oxygen atoms in total. The van der Waals surface area contributed by atoms with E-state index >= 15 is 0 Å². The average molecular weight is 256 g/mol. The summed E-state index contributed by atoms with van der Waals surface area (Å²) < 4.78 is 0. The minimum Gasteiger partial charge on any atom is -0.396 e. The van der Waals surface area contributed by atoms with E-state index in [0.717, 1.165) is 19.5 Å². The van der Waals surface area contributed by atoms with Crippen LogP contribution in [-0.2, 0) is 6.54 Å². The Labute approximate surface area is 113 Å². The first-order chi connectivity index (χ1) is 9.33. The van der Waals surface area contributed by atoms with E-state index in [0.29, 0.717) is 12.0 Å². The maximum Gasteiger partial charge on any atom is 0.0436 e. The topological polar surface area (TPSA) is 45.1 Å². The van der Waals surface area contributed by atoms with Crippen molar-refractivity contribution >= 4 is 10.8 Å². The van der Waals surface area contributed by atoms with Crippen molar-refractivity contribution < 1.29 is 5.11 Å². The Bertz CT molecular complexity index is 558. The van der Waals surface area contributed by atoms with Gasteiger partial charge in [0.25, 0.3) is 0 Å². The number of aliphatic hydroxyl groups excluding tert-OH is 1. The van der Waals surface area contributed by atoms with E-state index in [1.165, 1.54) is 29.2 Å². The highest BCUT2D eigenvalue weighted by molar-refractivity contribution is 5.84. The Hall–Kier alpha value is -1.45. The number of fused-ring (bicyclic) bond motifs is 1. The zero-order valence-corrected chi connectivity index (χ0v) is 11.1. The first-order valence-corrected chi connectivity index (χ1v) is 6.96. The third kappa shape index (κ3) is 2.77. The number of benzene rings is 1. The van der Waals surface area contributed by atoms with Gasteiger partial charge in [0.1, 0.15) is 0 Å². The molecule has 19 heavy (non-hydrogen) atoms. The van der Waals surface area contributed by atoms with E-state index in [2.05, 4.69) is 28.5 Å². The third-order valence-electron chi connectivity index (χ3n) is 4.17. The van der Waals surface area contributed by atoms with Gasteiger partial charge in [-0.05, 0) is 35.6 Å². The molecule has 1 aromatic heterocycles. The highest BCUT2D eigenvalue weighted by Gasteiger charge is 2.41. The predicted octanol–water partition coefficient (Wildman–Crippen LogP) is 2.49. The van der Waals surface area contributed by atoms with E-state index in [9.17, 15) is 0 Å². The summed E-state index contributed by atoms with van der Waals surface area (Å²) in [6.07, 6.45) is 7.27. The molecular formula is C16H20N2O. The number of aromatic nitrogens is 1. The monoisotopic (exact) mass is 256 g/mol. The van der Waals surface area contributed by atoms with E-state index in [4.69, 9.17) is 5.11 Å². The summed E-state index contributed by atoms with van der Waals surface area (Å²) in [5.74, 6) is 0. The fraction of sp³-hybridized carbons (Fsp3) is 0.438. The minimum absolute atomic E-state index is 0.303. The molecule has 0 bridgehead atoms. The van der Waals surface area contributed by atoms with Gasteiger partial charge < -0.3 is 10.4 Å². The normalized spacial score (nSPS) is 16.7. The van der Waals surface area contributed by atoms with Crippen molar-refractivity contribution in [3.05, 3.63) is 42.2 Å². The zero-order chi connectivity index (χ0) is 13.1. The second-order valence-corrected chi connectivity index (χ2v) is 5.60. The van der Waals surface area contributed by atoms with Crippen LogP contribution in [0.3, 0.4) is 0 Å². The summed E-state index contributed by atoms with van der Waals surface area (Å²) in [4.78, 5) is 4.30. The van der Waals surface area contributed by atoms with E-state index in [1.54, 1.807) is 0 Å². The van der Waals surface area contributed by atoms with E-state index in [-0.39, 0.29) is 0 Å². The summed E-state index contributed by atoms with van der Waals surface area (Å²) >= 11 is 0. The molecule has 0 spiro atoms. The molecule has 0 saturated heterocycles. The lowest BCUT2D eigenvalue weighted by atomic mass is 10.0. The Kier molecular flexibility index (Phi) is 3.49. The van der Waals surface area contributed by atoms with Crippen molar-refractivity contribution in [2.75, 3.05) is 13.2 Å². The van der Waals surface area contributed by atoms with Crippen LogP contribution in [0, 0.1) is 5.41 Å². The maximum absolute atomic E-state index is 9.06. The lowest BCUT2D eigenvalue weighted by Gasteiger charge is -2.15. The van der Waals surface area contributed by atoms with Gasteiger partial charge in [-0.25, -0.2) is 0 Å². The highest BCUT2D eigenvalue weighted by atomic mass is 16.3. The van der Waals surface area contributed by atoms with Crippen LogP contribution in [0.4, 0.5) is 0 Å². The van der Waals surface area contributed by atoms with Gasteiger partial charge in [0, 0.05) is 37.5 Å². The molecule has 1 fully saturated rings. The first kappa shape index (κ1) is 12.6. The van der Waals surface area contributed by atoms with Crippen LogP contribution in [-0.4, -0.2) is 23.2 Å². The molecule has 0 amide bonds. The van der Waals surface area contributed by atoms with Crippen LogP contribution in [0.15, 0.2) is 36.7 Å². The fourth-order valence-corrected chi connectivity index (χ4v) is 2.71. The molecule has 100 valence electrons. The number of nitrogens with one attached hydrogen (secondary N) is 1.